The number of aromatic nitrogens is 2. The molecule has 2 aromatic carbocycles. The van der Waals surface area contributed by atoms with Crippen molar-refractivity contribution in [2.45, 2.75) is 40.5 Å². The second kappa shape index (κ2) is 10.2. The number of aryl methyl sites for hydroxylation is 3. The van der Waals surface area contributed by atoms with Crippen molar-refractivity contribution in [3.05, 3.63) is 70.5 Å². The van der Waals surface area contributed by atoms with Gasteiger partial charge in [0.2, 0.25) is 5.91 Å². The first kappa shape index (κ1) is 22.4. The number of carbonyl (C=O) groups is 1. The third kappa shape index (κ3) is 5.66. The minimum absolute atomic E-state index is 0.0113. The van der Waals surface area contributed by atoms with Gasteiger partial charge in [-0.15, -0.1) is 0 Å². The molecule has 0 aliphatic rings. The summed E-state index contributed by atoms with van der Waals surface area (Å²) in [4.78, 5) is 12.3. The number of nitrogens with zero attached hydrogens (tertiary/aromatic N) is 2. The number of hydrogen-bond donors (Lipinski definition) is 1. The normalized spacial score (nSPS) is 10.7. The number of methoxy groups -OCH3 is 1. The Morgan fingerprint density at radius 1 is 1.10 bits per heavy atom. The Morgan fingerprint density at radius 3 is 2.65 bits per heavy atom. The highest BCUT2D eigenvalue weighted by atomic mass is 16.5. The Bertz CT molecular complexity index is 1060. The van der Waals surface area contributed by atoms with Crippen molar-refractivity contribution in [1.82, 2.24) is 15.1 Å². The molecule has 1 amide bonds. The molecule has 0 radical (unpaired) electrons. The van der Waals surface area contributed by atoms with E-state index in [9.17, 15) is 4.79 Å². The topological polar surface area (TPSA) is 65.4 Å². The maximum absolute atomic E-state index is 12.3. The first-order valence-electron chi connectivity index (χ1n) is 10.6. The number of amides is 1. The van der Waals surface area contributed by atoms with Crippen molar-refractivity contribution in [3.8, 4) is 17.2 Å². The van der Waals surface area contributed by atoms with E-state index in [0.717, 1.165) is 39.7 Å². The number of hydrogen-bond acceptors (Lipinski definition) is 4. The Kier molecular flexibility index (Phi) is 7.34. The predicted molar refractivity (Wildman–Crippen MR) is 122 cm³/mol. The molecule has 1 N–H and O–H groups in total. The van der Waals surface area contributed by atoms with E-state index in [-0.39, 0.29) is 5.91 Å². The molecule has 0 saturated carbocycles. The molecule has 0 aliphatic heterocycles. The van der Waals surface area contributed by atoms with Gasteiger partial charge in [-0.2, -0.15) is 5.10 Å². The molecule has 1 aromatic heterocycles. The zero-order chi connectivity index (χ0) is 22.4. The summed E-state index contributed by atoms with van der Waals surface area (Å²) < 4.78 is 13.0. The fraction of sp³-hybridized carbons (Fsp3) is 0.360. The second-order valence-corrected chi connectivity index (χ2v) is 7.73. The summed E-state index contributed by atoms with van der Waals surface area (Å²) in [6.45, 7) is 9.02. The smallest absolute Gasteiger partial charge is 0.220 e. The van der Waals surface area contributed by atoms with Gasteiger partial charge in [0.05, 0.1) is 25.0 Å². The second-order valence-electron chi connectivity index (χ2n) is 7.73. The van der Waals surface area contributed by atoms with Crippen molar-refractivity contribution in [3.63, 3.8) is 0 Å². The van der Waals surface area contributed by atoms with E-state index in [1.807, 2.05) is 61.9 Å². The van der Waals surface area contributed by atoms with E-state index in [2.05, 4.69) is 23.4 Å². The van der Waals surface area contributed by atoms with E-state index in [1.54, 1.807) is 7.11 Å². The lowest BCUT2D eigenvalue weighted by Crippen LogP contribution is -2.28. The summed E-state index contributed by atoms with van der Waals surface area (Å²) >= 11 is 0. The highest BCUT2D eigenvalue weighted by Crippen LogP contribution is 2.22. The number of carbonyl (C=O) groups excluding carboxylic acids is 1. The molecule has 0 spiro atoms. The maximum Gasteiger partial charge on any atom is 0.220 e. The van der Waals surface area contributed by atoms with Gasteiger partial charge in [0.15, 0.2) is 0 Å². The van der Waals surface area contributed by atoms with Gasteiger partial charge in [-0.3, -0.25) is 4.79 Å². The van der Waals surface area contributed by atoms with Gasteiger partial charge in [-0.05, 0) is 63.4 Å². The third-order valence-electron chi connectivity index (χ3n) is 5.35. The molecular weight excluding hydrogens is 390 g/mol. The summed E-state index contributed by atoms with van der Waals surface area (Å²) in [6, 6.07) is 13.9. The van der Waals surface area contributed by atoms with Crippen LogP contribution in [0.25, 0.3) is 5.69 Å². The van der Waals surface area contributed by atoms with Crippen LogP contribution in [0, 0.1) is 27.7 Å². The van der Waals surface area contributed by atoms with Gasteiger partial charge in [0, 0.05) is 18.2 Å². The van der Waals surface area contributed by atoms with Gasteiger partial charge in [-0.25, -0.2) is 4.68 Å². The molecule has 0 unspecified atom stereocenters. The lowest BCUT2D eigenvalue weighted by molar-refractivity contribution is -0.121. The molecule has 0 bridgehead atoms. The van der Waals surface area contributed by atoms with Crippen molar-refractivity contribution in [2.75, 3.05) is 20.3 Å². The fourth-order valence-electron chi connectivity index (χ4n) is 3.67. The minimum atomic E-state index is 0.0113. The van der Waals surface area contributed by atoms with Crippen molar-refractivity contribution < 1.29 is 14.3 Å². The van der Waals surface area contributed by atoms with Crippen LogP contribution in [0.2, 0.25) is 0 Å². The standard InChI is InChI=1S/C25H31N3O3/c1-17-9-11-24(18(2)15-17)31-14-13-26-25(29)12-10-23-19(3)27-28(20(23)4)21-7-6-8-22(16-21)30-5/h6-9,11,15-16H,10,12-14H2,1-5H3,(H,26,29). The summed E-state index contributed by atoms with van der Waals surface area (Å²) in [7, 11) is 1.65. The quantitative estimate of drug-likeness (QED) is 0.525. The molecule has 3 aromatic rings. The van der Waals surface area contributed by atoms with Crippen LogP contribution in [-0.2, 0) is 11.2 Å². The molecule has 0 aliphatic carbocycles. The van der Waals surface area contributed by atoms with E-state index >= 15 is 0 Å². The molecule has 0 fully saturated rings. The molecule has 0 atom stereocenters. The molecule has 6 nitrogen and oxygen atoms in total. The molecule has 6 heteroatoms. The van der Waals surface area contributed by atoms with Crippen molar-refractivity contribution in [2.24, 2.45) is 0 Å². The van der Waals surface area contributed by atoms with Crippen LogP contribution >= 0.6 is 0 Å². The average Bonchev–Trinajstić information content (AvgIpc) is 3.04. The van der Waals surface area contributed by atoms with E-state index in [1.165, 1.54) is 5.56 Å². The molecule has 1 heterocycles. The van der Waals surface area contributed by atoms with Crippen LogP contribution in [0.3, 0.4) is 0 Å². The first-order chi connectivity index (χ1) is 14.9. The number of benzene rings is 2. The van der Waals surface area contributed by atoms with Crippen LogP contribution in [-0.4, -0.2) is 35.9 Å². The van der Waals surface area contributed by atoms with Gasteiger partial charge in [-0.1, -0.05) is 23.8 Å². The van der Waals surface area contributed by atoms with Crippen LogP contribution in [0.15, 0.2) is 42.5 Å². The Morgan fingerprint density at radius 2 is 1.90 bits per heavy atom. The Balaban J connectivity index is 1.51. The molecular formula is C25H31N3O3. The highest BCUT2D eigenvalue weighted by molar-refractivity contribution is 5.76. The number of ether oxygens (including phenoxy) is 2. The average molecular weight is 422 g/mol. The summed E-state index contributed by atoms with van der Waals surface area (Å²) in [5.74, 6) is 1.65. The third-order valence-corrected chi connectivity index (χ3v) is 5.35. The van der Waals surface area contributed by atoms with Gasteiger partial charge >= 0.3 is 0 Å². The SMILES string of the molecule is COc1cccc(-n2nc(C)c(CCC(=O)NCCOc3ccc(C)cc3C)c2C)c1. The lowest BCUT2D eigenvalue weighted by atomic mass is 10.1. The van der Waals surface area contributed by atoms with E-state index in [4.69, 9.17) is 9.47 Å². The van der Waals surface area contributed by atoms with Gasteiger partial charge < -0.3 is 14.8 Å². The molecule has 0 saturated heterocycles. The predicted octanol–water partition coefficient (Wildman–Crippen LogP) is 4.24. The number of rotatable bonds is 9. The first-order valence-corrected chi connectivity index (χ1v) is 10.6. The monoisotopic (exact) mass is 421 g/mol. The van der Waals surface area contributed by atoms with E-state index in [0.29, 0.717) is 26.0 Å². The fourth-order valence-corrected chi connectivity index (χ4v) is 3.67. The lowest BCUT2D eigenvalue weighted by Gasteiger charge is -2.11. The molecule has 164 valence electrons. The summed E-state index contributed by atoms with van der Waals surface area (Å²) in [6.07, 6.45) is 1.06. The highest BCUT2D eigenvalue weighted by Gasteiger charge is 2.14. The Labute approximate surface area is 184 Å². The van der Waals surface area contributed by atoms with Crippen molar-refractivity contribution >= 4 is 5.91 Å². The largest absolute Gasteiger partial charge is 0.497 e. The summed E-state index contributed by atoms with van der Waals surface area (Å²) in [5, 5.41) is 7.61. The maximum atomic E-state index is 12.3. The van der Waals surface area contributed by atoms with E-state index < -0.39 is 0 Å². The van der Waals surface area contributed by atoms with Crippen LogP contribution in [0.5, 0.6) is 11.5 Å². The Hall–Kier alpha value is -3.28. The molecule has 3 rings (SSSR count). The molecule has 31 heavy (non-hydrogen) atoms. The van der Waals surface area contributed by atoms with Crippen LogP contribution in [0.1, 0.15) is 34.5 Å². The zero-order valence-electron chi connectivity index (χ0n) is 19.0. The van der Waals surface area contributed by atoms with Crippen LogP contribution < -0.4 is 14.8 Å². The van der Waals surface area contributed by atoms with Crippen LogP contribution in [0.4, 0.5) is 0 Å². The van der Waals surface area contributed by atoms with Crippen molar-refractivity contribution in [1.29, 1.82) is 0 Å². The number of nitrogens with one attached hydrogen (secondary N) is 1. The summed E-state index contributed by atoms with van der Waals surface area (Å²) in [5.41, 5.74) is 6.33. The van der Waals surface area contributed by atoms with Gasteiger partial charge in [0.25, 0.3) is 0 Å². The van der Waals surface area contributed by atoms with Gasteiger partial charge in [0.1, 0.15) is 18.1 Å². The minimum Gasteiger partial charge on any atom is -0.497 e. The zero-order valence-corrected chi connectivity index (χ0v) is 19.0.